The minimum Gasteiger partial charge on any atom is -0.462 e. The smallest absolute Gasteiger partial charge is 0.348 e. The van der Waals surface area contributed by atoms with Crippen LogP contribution in [-0.4, -0.2) is 24.4 Å². The summed E-state index contributed by atoms with van der Waals surface area (Å²) >= 11 is 6.99. The van der Waals surface area contributed by atoms with Crippen molar-refractivity contribution in [2.75, 3.05) is 11.9 Å². The fourth-order valence-electron chi connectivity index (χ4n) is 2.94. The number of nitrogens with one attached hydrogen (secondary N) is 2. The molecule has 0 radical (unpaired) electrons. The lowest BCUT2D eigenvalue weighted by Crippen LogP contribution is -2.25. The summed E-state index contributed by atoms with van der Waals surface area (Å²) < 4.78 is 5.10. The Kier molecular flexibility index (Phi) is 7.44. The van der Waals surface area contributed by atoms with E-state index >= 15 is 0 Å². The molecule has 8 heteroatoms. The number of rotatable bonds is 7. The molecule has 31 heavy (non-hydrogen) atoms. The van der Waals surface area contributed by atoms with Gasteiger partial charge < -0.3 is 15.4 Å². The van der Waals surface area contributed by atoms with Gasteiger partial charge in [-0.25, -0.2) is 4.79 Å². The van der Waals surface area contributed by atoms with Crippen LogP contribution in [-0.2, 0) is 11.3 Å². The fourth-order valence-corrected chi connectivity index (χ4v) is 4.22. The van der Waals surface area contributed by atoms with E-state index in [1.54, 1.807) is 32.0 Å². The van der Waals surface area contributed by atoms with E-state index < -0.39 is 17.8 Å². The Morgan fingerprint density at radius 2 is 1.77 bits per heavy atom. The molecule has 2 aromatic carbocycles. The van der Waals surface area contributed by atoms with Crippen LogP contribution >= 0.6 is 22.9 Å². The third-order valence-corrected chi connectivity index (χ3v) is 5.87. The van der Waals surface area contributed by atoms with Gasteiger partial charge in [-0.3, -0.25) is 9.59 Å². The molecule has 1 aromatic heterocycles. The monoisotopic (exact) mass is 456 g/mol. The second kappa shape index (κ2) is 10.2. The minimum absolute atomic E-state index is 0.204. The number of amides is 2. The van der Waals surface area contributed by atoms with E-state index in [1.807, 2.05) is 30.3 Å². The van der Waals surface area contributed by atoms with Crippen molar-refractivity contribution >= 4 is 45.7 Å². The van der Waals surface area contributed by atoms with Gasteiger partial charge in [-0.15, -0.1) is 11.3 Å². The molecule has 3 rings (SSSR count). The summed E-state index contributed by atoms with van der Waals surface area (Å²) in [6.45, 7) is 3.88. The molecule has 0 fully saturated rings. The van der Waals surface area contributed by atoms with Crippen LogP contribution in [0.5, 0.6) is 0 Å². The van der Waals surface area contributed by atoms with E-state index in [1.165, 1.54) is 6.07 Å². The highest BCUT2D eigenvalue weighted by atomic mass is 35.5. The molecule has 0 aliphatic rings. The number of anilines is 1. The van der Waals surface area contributed by atoms with Crippen LogP contribution in [0.15, 0.2) is 54.6 Å². The third-order valence-electron chi connectivity index (χ3n) is 4.44. The van der Waals surface area contributed by atoms with Gasteiger partial charge in [0.05, 0.1) is 12.2 Å². The highest BCUT2D eigenvalue weighted by Crippen LogP contribution is 2.34. The van der Waals surface area contributed by atoms with E-state index in [0.717, 1.165) is 16.9 Å². The van der Waals surface area contributed by atoms with Crippen molar-refractivity contribution < 1.29 is 19.1 Å². The number of benzene rings is 2. The lowest BCUT2D eigenvalue weighted by Gasteiger charge is -2.09. The predicted octanol–water partition coefficient (Wildman–Crippen LogP) is 5.07. The zero-order chi connectivity index (χ0) is 22.4. The predicted molar refractivity (Wildman–Crippen MR) is 122 cm³/mol. The molecule has 1 heterocycles. The van der Waals surface area contributed by atoms with Crippen LogP contribution in [0.1, 0.15) is 48.4 Å². The van der Waals surface area contributed by atoms with Crippen LogP contribution in [0.3, 0.4) is 0 Å². The lowest BCUT2D eigenvalue weighted by atomic mass is 10.1. The summed E-state index contributed by atoms with van der Waals surface area (Å²) in [5.41, 5.74) is 1.96. The number of hydrogen-bond acceptors (Lipinski definition) is 5. The summed E-state index contributed by atoms with van der Waals surface area (Å²) in [7, 11) is 0. The summed E-state index contributed by atoms with van der Waals surface area (Å²) in [5, 5.41) is 6.28. The highest BCUT2D eigenvalue weighted by Gasteiger charge is 2.26. The normalized spacial score (nSPS) is 10.4. The van der Waals surface area contributed by atoms with E-state index in [9.17, 15) is 14.4 Å². The summed E-state index contributed by atoms with van der Waals surface area (Å²) in [4.78, 5) is 38.4. The molecule has 0 unspecified atom stereocenters. The molecule has 0 atom stereocenters. The van der Waals surface area contributed by atoms with Crippen LogP contribution in [0.2, 0.25) is 5.02 Å². The number of hydrogen-bond donors (Lipinski definition) is 2. The first-order valence-corrected chi connectivity index (χ1v) is 10.8. The summed E-state index contributed by atoms with van der Waals surface area (Å²) in [5.74, 6) is -1.36. The zero-order valence-electron chi connectivity index (χ0n) is 17.0. The zero-order valence-corrected chi connectivity index (χ0v) is 18.6. The van der Waals surface area contributed by atoms with Crippen LogP contribution in [0, 0.1) is 6.92 Å². The second-order valence-corrected chi connectivity index (χ2v) is 8.07. The van der Waals surface area contributed by atoms with E-state index in [-0.39, 0.29) is 22.0 Å². The van der Waals surface area contributed by atoms with Crippen LogP contribution in [0.25, 0.3) is 0 Å². The van der Waals surface area contributed by atoms with Gasteiger partial charge in [0.15, 0.2) is 0 Å². The standard InChI is InChI=1S/C23H21ClN2O4S/c1-3-30-23(29)19-14(2)18(21(28)25-13-15-8-5-4-6-9-15)22(31-19)26-20(27)16-10-7-11-17(24)12-16/h4-12H,3,13H2,1-2H3,(H,25,28)(H,26,27). The maximum Gasteiger partial charge on any atom is 0.348 e. The van der Waals surface area contributed by atoms with Gasteiger partial charge in [0, 0.05) is 17.1 Å². The summed E-state index contributed by atoms with van der Waals surface area (Å²) in [6.07, 6.45) is 0. The molecule has 0 saturated heterocycles. The third kappa shape index (κ3) is 5.51. The highest BCUT2D eigenvalue weighted by molar-refractivity contribution is 7.18. The SMILES string of the molecule is CCOC(=O)c1sc(NC(=O)c2cccc(Cl)c2)c(C(=O)NCc2ccccc2)c1C. The molecule has 0 spiro atoms. The first-order valence-electron chi connectivity index (χ1n) is 9.60. The second-order valence-electron chi connectivity index (χ2n) is 6.61. The van der Waals surface area contributed by atoms with Gasteiger partial charge in [-0.2, -0.15) is 0 Å². The molecule has 160 valence electrons. The number of ether oxygens (including phenoxy) is 1. The molecular weight excluding hydrogens is 436 g/mol. The Labute approximate surface area is 189 Å². The minimum atomic E-state index is -0.537. The largest absolute Gasteiger partial charge is 0.462 e. The Bertz CT molecular complexity index is 1110. The quantitative estimate of drug-likeness (QED) is 0.486. The maximum atomic E-state index is 13.0. The number of halogens is 1. The van der Waals surface area contributed by atoms with Crippen molar-refractivity contribution in [3.63, 3.8) is 0 Å². The Morgan fingerprint density at radius 3 is 2.45 bits per heavy atom. The van der Waals surface area contributed by atoms with Gasteiger partial charge in [0.2, 0.25) is 0 Å². The molecule has 6 nitrogen and oxygen atoms in total. The molecule has 3 aromatic rings. The van der Waals surface area contributed by atoms with Crippen LogP contribution < -0.4 is 10.6 Å². The van der Waals surface area contributed by atoms with Gasteiger partial charge in [-0.05, 0) is 43.2 Å². The van der Waals surface area contributed by atoms with Gasteiger partial charge >= 0.3 is 5.97 Å². The lowest BCUT2D eigenvalue weighted by molar-refractivity contribution is 0.0531. The fraction of sp³-hybridized carbons (Fsp3) is 0.174. The molecule has 0 aliphatic carbocycles. The van der Waals surface area contributed by atoms with Crippen molar-refractivity contribution in [3.8, 4) is 0 Å². The van der Waals surface area contributed by atoms with Gasteiger partial charge in [0.1, 0.15) is 9.88 Å². The Morgan fingerprint density at radius 1 is 1.03 bits per heavy atom. The molecule has 0 aliphatic heterocycles. The van der Waals surface area contributed by atoms with Crippen molar-refractivity contribution in [1.29, 1.82) is 0 Å². The van der Waals surface area contributed by atoms with Crippen molar-refractivity contribution in [3.05, 3.63) is 86.8 Å². The van der Waals surface area contributed by atoms with Crippen molar-refractivity contribution in [2.24, 2.45) is 0 Å². The molecule has 2 N–H and O–H groups in total. The van der Waals surface area contributed by atoms with Crippen molar-refractivity contribution in [1.82, 2.24) is 5.32 Å². The molecule has 0 saturated carbocycles. The number of carbonyl (C=O) groups is 3. The first-order chi connectivity index (χ1) is 14.9. The van der Waals surface area contributed by atoms with E-state index in [4.69, 9.17) is 16.3 Å². The first kappa shape index (κ1) is 22.5. The average Bonchev–Trinajstić information content (AvgIpc) is 3.08. The van der Waals surface area contributed by atoms with E-state index in [0.29, 0.717) is 22.7 Å². The van der Waals surface area contributed by atoms with Gasteiger partial charge in [-0.1, -0.05) is 48.0 Å². The van der Waals surface area contributed by atoms with Crippen LogP contribution in [0.4, 0.5) is 5.00 Å². The molecular formula is C23H21ClN2O4S. The maximum absolute atomic E-state index is 13.0. The molecule has 2 amide bonds. The van der Waals surface area contributed by atoms with Crippen molar-refractivity contribution in [2.45, 2.75) is 20.4 Å². The Hall–Kier alpha value is -3.16. The summed E-state index contributed by atoms with van der Waals surface area (Å²) in [6, 6.07) is 15.9. The van der Waals surface area contributed by atoms with Gasteiger partial charge in [0.25, 0.3) is 11.8 Å². The number of thiophene rings is 1. The topological polar surface area (TPSA) is 84.5 Å². The average molecular weight is 457 g/mol. The number of esters is 1. The Balaban J connectivity index is 1.90. The molecule has 0 bridgehead atoms. The van der Waals surface area contributed by atoms with E-state index in [2.05, 4.69) is 10.6 Å². The number of carbonyl (C=O) groups excluding carboxylic acids is 3.